The molecule has 110 valence electrons. The van der Waals surface area contributed by atoms with Crippen molar-refractivity contribution < 1.29 is 14.4 Å². The number of rotatable bonds is 5. The van der Waals surface area contributed by atoms with Gasteiger partial charge < -0.3 is 15.2 Å². The molecule has 0 radical (unpaired) electrons. The van der Waals surface area contributed by atoms with Gasteiger partial charge in [-0.1, -0.05) is 0 Å². The average molecular weight is 289 g/mol. The van der Waals surface area contributed by atoms with Crippen molar-refractivity contribution in [1.29, 1.82) is 0 Å². The van der Waals surface area contributed by atoms with Crippen LogP contribution in [0.1, 0.15) is 18.5 Å². The quantitative estimate of drug-likeness (QED) is 0.671. The van der Waals surface area contributed by atoms with E-state index >= 15 is 0 Å². The van der Waals surface area contributed by atoms with E-state index in [2.05, 4.69) is 4.98 Å². The zero-order valence-corrected chi connectivity index (χ0v) is 11.6. The van der Waals surface area contributed by atoms with Gasteiger partial charge in [-0.2, -0.15) is 0 Å². The van der Waals surface area contributed by atoms with E-state index in [9.17, 15) is 10.1 Å². The first-order valence-corrected chi connectivity index (χ1v) is 6.23. The summed E-state index contributed by atoms with van der Waals surface area (Å²) in [6.45, 7) is 1.83. The molecule has 2 aromatic rings. The second kappa shape index (κ2) is 6.19. The molecule has 21 heavy (non-hydrogen) atoms. The fourth-order valence-corrected chi connectivity index (χ4v) is 1.73. The molecule has 1 atom stereocenters. The van der Waals surface area contributed by atoms with Crippen molar-refractivity contribution in [3.05, 3.63) is 52.2 Å². The van der Waals surface area contributed by atoms with Crippen molar-refractivity contribution in [2.24, 2.45) is 5.73 Å². The Balaban J connectivity index is 2.35. The van der Waals surface area contributed by atoms with Crippen LogP contribution >= 0.6 is 0 Å². The molecule has 0 unspecified atom stereocenters. The summed E-state index contributed by atoms with van der Waals surface area (Å²) in [5.41, 5.74) is 6.42. The highest BCUT2D eigenvalue weighted by atomic mass is 16.6. The highest BCUT2D eigenvalue weighted by Crippen LogP contribution is 2.34. The summed E-state index contributed by atoms with van der Waals surface area (Å²) in [5.74, 6) is 0.722. The molecule has 0 saturated heterocycles. The molecule has 0 aliphatic carbocycles. The number of nitro groups is 1. The molecule has 2 N–H and O–H groups in total. The molecular weight excluding hydrogens is 274 g/mol. The molecule has 0 aliphatic rings. The number of nitrogens with zero attached hydrogens (tertiary/aromatic N) is 2. The highest BCUT2D eigenvalue weighted by molar-refractivity contribution is 5.52. The second-order valence-corrected chi connectivity index (χ2v) is 4.41. The van der Waals surface area contributed by atoms with E-state index in [0.29, 0.717) is 5.75 Å². The number of nitrogens with two attached hydrogens (primary N) is 1. The molecule has 0 amide bonds. The lowest BCUT2D eigenvalue weighted by Gasteiger charge is -2.09. The maximum atomic E-state index is 11.1. The van der Waals surface area contributed by atoms with E-state index in [0.717, 1.165) is 5.56 Å². The minimum atomic E-state index is -0.534. The van der Waals surface area contributed by atoms with E-state index in [1.54, 1.807) is 24.4 Å². The molecule has 7 heteroatoms. The van der Waals surface area contributed by atoms with Gasteiger partial charge in [-0.15, -0.1) is 0 Å². The number of methoxy groups -OCH3 is 1. The Morgan fingerprint density at radius 2 is 2.10 bits per heavy atom. The van der Waals surface area contributed by atoms with Crippen molar-refractivity contribution in [3.63, 3.8) is 0 Å². The van der Waals surface area contributed by atoms with E-state index in [-0.39, 0.29) is 23.4 Å². The van der Waals surface area contributed by atoms with Crippen LogP contribution in [0, 0.1) is 10.1 Å². The molecule has 0 spiro atoms. The Hall–Kier alpha value is -2.67. The van der Waals surface area contributed by atoms with Crippen molar-refractivity contribution in [3.8, 4) is 17.4 Å². The van der Waals surface area contributed by atoms with Gasteiger partial charge in [0, 0.05) is 18.3 Å². The zero-order valence-electron chi connectivity index (χ0n) is 11.6. The molecule has 0 saturated carbocycles. The second-order valence-electron chi connectivity index (χ2n) is 4.41. The Morgan fingerprint density at radius 1 is 1.33 bits per heavy atom. The average Bonchev–Trinajstić information content (AvgIpc) is 2.47. The molecule has 0 fully saturated rings. The number of nitro benzene ring substituents is 1. The first-order chi connectivity index (χ1) is 10.0. The highest BCUT2D eigenvalue weighted by Gasteiger charge is 2.18. The first kappa shape index (κ1) is 14.7. The summed E-state index contributed by atoms with van der Waals surface area (Å²) in [4.78, 5) is 14.6. The lowest BCUT2D eigenvalue weighted by atomic mass is 10.1. The van der Waals surface area contributed by atoms with Gasteiger partial charge >= 0.3 is 5.69 Å². The van der Waals surface area contributed by atoms with Crippen LogP contribution in [0.3, 0.4) is 0 Å². The van der Waals surface area contributed by atoms with Gasteiger partial charge in [0.15, 0.2) is 0 Å². The monoisotopic (exact) mass is 289 g/mol. The number of aromatic nitrogens is 1. The smallest absolute Gasteiger partial charge is 0.315 e. The molecule has 2 rings (SSSR count). The maximum Gasteiger partial charge on any atom is 0.315 e. The third-order valence-corrected chi connectivity index (χ3v) is 2.86. The molecule has 0 bridgehead atoms. The number of hydrogen-bond donors (Lipinski definition) is 1. The van der Waals surface area contributed by atoms with Gasteiger partial charge in [0.2, 0.25) is 11.6 Å². The maximum absolute atomic E-state index is 11.1. The Kier molecular flexibility index (Phi) is 4.34. The van der Waals surface area contributed by atoms with Gasteiger partial charge in [-0.3, -0.25) is 10.1 Å². The molecule has 1 heterocycles. The normalized spacial score (nSPS) is 11.8. The van der Waals surface area contributed by atoms with Crippen LogP contribution in [0.2, 0.25) is 0 Å². The van der Waals surface area contributed by atoms with Crippen molar-refractivity contribution in [1.82, 2.24) is 4.98 Å². The van der Waals surface area contributed by atoms with Crippen molar-refractivity contribution in [2.45, 2.75) is 13.0 Å². The summed E-state index contributed by atoms with van der Waals surface area (Å²) in [6, 6.07) is 7.58. The molecule has 1 aromatic carbocycles. The number of pyridine rings is 1. The van der Waals surface area contributed by atoms with Crippen LogP contribution in [0.15, 0.2) is 36.5 Å². The summed E-state index contributed by atoms with van der Waals surface area (Å²) >= 11 is 0. The third-order valence-electron chi connectivity index (χ3n) is 2.86. The lowest BCUT2D eigenvalue weighted by molar-refractivity contribution is -0.385. The SMILES string of the molecule is COc1ccc(Oc2cc([C@@H](C)N)ccn2)c([N+](=O)[O-])c1. The van der Waals surface area contributed by atoms with Crippen LogP contribution in [-0.4, -0.2) is 17.0 Å². The van der Waals surface area contributed by atoms with E-state index < -0.39 is 4.92 Å². The van der Waals surface area contributed by atoms with E-state index in [1.165, 1.54) is 19.2 Å². The lowest BCUT2D eigenvalue weighted by Crippen LogP contribution is -2.05. The molecule has 1 aromatic heterocycles. The Labute approximate surface area is 121 Å². The predicted molar refractivity (Wildman–Crippen MR) is 76.6 cm³/mol. The predicted octanol–water partition coefficient (Wildman–Crippen LogP) is 2.81. The van der Waals surface area contributed by atoms with Gasteiger partial charge in [-0.25, -0.2) is 4.98 Å². The van der Waals surface area contributed by atoms with E-state index in [4.69, 9.17) is 15.2 Å². The number of ether oxygens (including phenoxy) is 2. The summed E-state index contributed by atoms with van der Waals surface area (Å²) < 4.78 is 10.5. The van der Waals surface area contributed by atoms with Crippen LogP contribution in [-0.2, 0) is 0 Å². The van der Waals surface area contributed by atoms with Crippen LogP contribution in [0.25, 0.3) is 0 Å². The van der Waals surface area contributed by atoms with Crippen LogP contribution in [0.5, 0.6) is 17.4 Å². The minimum Gasteiger partial charge on any atom is -0.496 e. The number of benzene rings is 1. The topological polar surface area (TPSA) is 101 Å². The van der Waals surface area contributed by atoms with Gasteiger partial charge in [-0.05, 0) is 30.7 Å². The fraction of sp³-hybridized carbons (Fsp3) is 0.214. The van der Waals surface area contributed by atoms with Gasteiger partial charge in [0.1, 0.15) is 5.75 Å². The first-order valence-electron chi connectivity index (χ1n) is 6.23. The van der Waals surface area contributed by atoms with E-state index in [1.807, 2.05) is 6.92 Å². The van der Waals surface area contributed by atoms with Gasteiger partial charge in [0.25, 0.3) is 0 Å². The largest absolute Gasteiger partial charge is 0.496 e. The fourth-order valence-electron chi connectivity index (χ4n) is 1.73. The molecular formula is C14H15N3O4. The summed E-state index contributed by atoms with van der Waals surface area (Å²) in [7, 11) is 1.44. The summed E-state index contributed by atoms with van der Waals surface area (Å²) in [5, 5.41) is 11.1. The van der Waals surface area contributed by atoms with Gasteiger partial charge in [0.05, 0.1) is 18.1 Å². The minimum absolute atomic E-state index is 0.0927. The Bertz CT molecular complexity index is 658. The Morgan fingerprint density at radius 3 is 2.71 bits per heavy atom. The summed E-state index contributed by atoms with van der Waals surface area (Å²) in [6.07, 6.45) is 1.55. The molecule has 7 nitrogen and oxygen atoms in total. The van der Waals surface area contributed by atoms with Crippen LogP contribution < -0.4 is 15.2 Å². The van der Waals surface area contributed by atoms with Crippen LogP contribution in [0.4, 0.5) is 5.69 Å². The van der Waals surface area contributed by atoms with Crippen molar-refractivity contribution in [2.75, 3.05) is 7.11 Å². The standard InChI is InChI=1S/C14H15N3O4/c1-9(15)10-5-6-16-14(7-10)21-13-4-3-11(20-2)8-12(13)17(18)19/h3-9H,15H2,1-2H3/t9-/m1/s1. The third kappa shape index (κ3) is 3.46. The number of hydrogen-bond acceptors (Lipinski definition) is 6. The van der Waals surface area contributed by atoms with Crippen molar-refractivity contribution >= 4 is 5.69 Å². The zero-order chi connectivity index (χ0) is 15.4. The molecule has 0 aliphatic heterocycles.